The molecule has 0 saturated heterocycles. The molecule has 0 fully saturated rings. The van der Waals surface area contributed by atoms with E-state index < -0.39 is 23.8 Å². The Hall–Kier alpha value is -1.98. The summed E-state index contributed by atoms with van der Waals surface area (Å²) in [5.41, 5.74) is 0. The van der Waals surface area contributed by atoms with Gasteiger partial charge in [0.2, 0.25) is 0 Å². The van der Waals surface area contributed by atoms with Crippen LogP contribution in [0.15, 0.2) is 25.7 Å². The van der Waals surface area contributed by atoms with Gasteiger partial charge in [0.05, 0.1) is 25.4 Å². The van der Waals surface area contributed by atoms with Crippen LogP contribution >= 0.6 is 0 Å². The number of esters is 1. The first-order valence-corrected chi connectivity index (χ1v) is 7.44. The highest BCUT2D eigenvalue weighted by Crippen LogP contribution is 2.31. The average Bonchev–Trinajstić information content (AvgIpc) is 2.45. The molecule has 2 atom stereocenters. The summed E-state index contributed by atoms with van der Waals surface area (Å²) in [6.07, 6.45) is 3.88. The molecule has 6 heteroatoms. The predicted molar refractivity (Wildman–Crippen MR) is 81.9 cm³/mol. The number of hydrogen-bond donors (Lipinski definition) is 1. The minimum absolute atomic E-state index is 0.228. The van der Waals surface area contributed by atoms with Gasteiger partial charge in [0.1, 0.15) is 0 Å². The van der Waals surface area contributed by atoms with Gasteiger partial charge < -0.3 is 19.3 Å². The molecule has 126 valence electrons. The van der Waals surface area contributed by atoms with Crippen LogP contribution in [-0.2, 0) is 23.8 Å². The predicted octanol–water partition coefficient (Wildman–Crippen LogP) is 3.38. The van der Waals surface area contributed by atoms with Crippen LogP contribution in [0, 0.1) is 0 Å². The van der Waals surface area contributed by atoms with Crippen LogP contribution in [0.5, 0.6) is 0 Å². The first-order valence-electron chi connectivity index (χ1n) is 7.44. The van der Waals surface area contributed by atoms with Gasteiger partial charge in [0, 0.05) is 6.42 Å². The van der Waals surface area contributed by atoms with Gasteiger partial charge in [-0.1, -0.05) is 33.4 Å². The fourth-order valence-electron chi connectivity index (χ4n) is 2.15. The molecule has 0 aromatic rings. The highest BCUT2D eigenvalue weighted by atomic mass is 16.7. The van der Waals surface area contributed by atoms with Crippen molar-refractivity contribution in [3.8, 4) is 0 Å². The van der Waals surface area contributed by atoms with Gasteiger partial charge in [-0.3, -0.25) is 9.59 Å². The number of carboxylic acids is 1. The number of aliphatic carboxylic acids is 1. The zero-order chi connectivity index (χ0) is 17.0. The molecule has 0 bridgehead atoms. The molecule has 0 saturated carbocycles. The van der Waals surface area contributed by atoms with Gasteiger partial charge in [0.25, 0.3) is 5.79 Å². The maximum atomic E-state index is 11.9. The van der Waals surface area contributed by atoms with Gasteiger partial charge in [0.15, 0.2) is 6.10 Å². The van der Waals surface area contributed by atoms with E-state index in [0.717, 1.165) is 6.42 Å². The zero-order valence-corrected chi connectivity index (χ0v) is 13.4. The Balaban J connectivity index is 5.25. The minimum atomic E-state index is -1.32. The Morgan fingerprint density at radius 2 is 1.86 bits per heavy atom. The first-order chi connectivity index (χ1) is 10.5. The van der Waals surface area contributed by atoms with E-state index in [0.29, 0.717) is 19.3 Å². The summed E-state index contributed by atoms with van der Waals surface area (Å²) in [7, 11) is 0. The lowest BCUT2D eigenvalue weighted by Gasteiger charge is -2.38. The highest BCUT2D eigenvalue weighted by molar-refractivity contribution is 5.76. The maximum Gasteiger partial charge on any atom is 0.309 e. The summed E-state index contributed by atoms with van der Waals surface area (Å²) >= 11 is 0. The summed E-state index contributed by atoms with van der Waals surface area (Å²) in [4.78, 5) is 22.5. The fraction of sp³-hybridized carbons (Fsp3) is 0.625. The number of hydrogen-bond acceptors (Lipinski definition) is 5. The summed E-state index contributed by atoms with van der Waals surface area (Å²) in [5.74, 6) is -3.03. The maximum absolute atomic E-state index is 11.9. The molecule has 22 heavy (non-hydrogen) atoms. The second kappa shape index (κ2) is 10.7. The third kappa shape index (κ3) is 6.65. The van der Waals surface area contributed by atoms with Crippen molar-refractivity contribution >= 4 is 11.9 Å². The molecular formula is C16H26O6. The molecule has 0 aromatic carbocycles. The number of carbonyl (C=O) groups is 2. The van der Waals surface area contributed by atoms with Crippen LogP contribution in [0.3, 0.4) is 0 Å². The Bertz CT molecular complexity index is 379. The quantitative estimate of drug-likeness (QED) is 0.319. The van der Waals surface area contributed by atoms with Gasteiger partial charge >= 0.3 is 11.9 Å². The van der Waals surface area contributed by atoms with Crippen molar-refractivity contribution in [2.75, 3.05) is 0 Å². The minimum Gasteiger partial charge on any atom is -0.490 e. The van der Waals surface area contributed by atoms with Crippen molar-refractivity contribution in [3.63, 3.8) is 0 Å². The lowest BCUT2D eigenvalue weighted by atomic mass is 9.99. The lowest BCUT2D eigenvalue weighted by Crippen LogP contribution is -2.48. The summed E-state index contributed by atoms with van der Waals surface area (Å²) in [5, 5.41) is 8.65. The summed E-state index contributed by atoms with van der Waals surface area (Å²) < 4.78 is 16.5. The Morgan fingerprint density at radius 3 is 2.32 bits per heavy atom. The first kappa shape index (κ1) is 20.0. The SMILES string of the molecule is C=COC(CCC)C(CCC)(OC=C)OC(=O)CCC(=O)O. The van der Waals surface area contributed by atoms with Crippen LogP contribution in [0.1, 0.15) is 52.4 Å². The number of carboxylic acid groups (broad SMARTS) is 1. The largest absolute Gasteiger partial charge is 0.490 e. The standard InChI is InChI=1S/C16H26O6/c1-5-9-13(20-7-3)16(12-6-2,21-8-4)22-15(19)11-10-14(17)18/h7-8,13H,3-6,9-12H2,1-2H3,(H,17,18). The normalized spacial score (nSPS) is 14.3. The van der Waals surface area contributed by atoms with E-state index in [1.807, 2.05) is 13.8 Å². The van der Waals surface area contributed by atoms with Crippen LogP contribution in [0.4, 0.5) is 0 Å². The van der Waals surface area contributed by atoms with Crippen molar-refractivity contribution < 1.29 is 28.9 Å². The molecule has 0 heterocycles. The Labute approximate surface area is 131 Å². The molecule has 0 aromatic heterocycles. The van der Waals surface area contributed by atoms with Crippen LogP contribution in [-0.4, -0.2) is 28.9 Å². The Morgan fingerprint density at radius 1 is 1.18 bits per heavy atom. The number of ether oxygens (including phenoxy) is 3. The summed E-state index contributed by atoms with van der Waals surface area (Å²) in [6, 6.07) is 0. The smallest absolute Gasteiger partial charge is 0.309 e. The van der Waals surface area contributed by atoms with Crippen molar-refractivity contribution in [1.29, 1.82) is 0 Å². The van der Waals surface area contributed by atoms with E-state index in [4.69, 9.17) is 19.3 Å². The topological polar surface area (TPSA) is 82.1 Å². The number of carbonyl (C=O) groups excluding carboxylic acids is 1. The second-order valence-corrected chi connectivity index (χ2v) is 4.79. The van der Waals surface area contributed by atoms with Gasteiger partial charge in [-0.2, -0.15) is 0 Å². The van der Waals surface area contributed by atoms with Gasteiger partial charge in [-0.25, -0.2) is 0 Å². The molecule has 0 amide bonds. The van der Waals surface area contributed by atoms with E-state index in [-0.39, 0.29) is 12.8 Å². The van der Waals surface area contributed by atoms with Crippen molar-refractivity contribution in [3.05, 3.63) is 25.7 Å². The third-order valence-corrected chi connectivity index (χ3v) is 3.01. The molecular weight excluding hydrogens is 288 g/mol. The molecule has 0 spiro atoms. The van der Waals surface area contributed by atoms with Crippen LogP contribution in [0.2, 0.25) is 0 Å². The molecule has 0 radical (unpaired) electrons. The molecule has 0 aliphatic rings. The monoisotopic (exact) mass is 314 g/mol. The van der Waals surface area contributed by atoms with Crippen molar-refractivity contribution in [2.45, 2.75) is 64.3 Å². The molecule has 0 aliphatic heterocycles. The molecule has 0 rings (SSSR count). The lowest BCUT2D eigenvalue weighted by molar-refractivity contribution is -0.255. The van der Waals surface area contributed by atoms with Gasteiger partial charge in [-0.15, -0.1) is 0 Å². The Kier molecular flexibility index (Phi) is 9.74. The summed E-state index contributed by atoms with van der Waals surface area (Å²) in [6.45, 7) is 10.9. The van der Waals surface area contributed by atoms with Crippen LogP contribution in [0.25, 0.3) is 0 Å². The molecule has 6 nitrogen and oxygen atoms in total. The van der Waals surface area contributed by atoms with Crippen molar-refractivity contribution in [1.82, 2.24) is 0 Å². The second-order valence-electron chi connectivity index (χ2n) is 4.79. The average molecular weight is 314 g/mol. The highest BCUT2D eigenvalue weighted by Gasteiger charge is 2.44. The number of rotatable bonds is 13. The van der Waals surface area contributed by atoms with E-state index in [1.54, 1.807) is 0 Å². The van der Waals surface area contributed by atoms with Crippen LogP contribution < -0.4 is 0 Å². The zero-order valence-electron chi connectivity index (χ0n) is 13.4. The van der Waals surface area contributed by atoms with E-state index in [9.17, 15) is 9.59 Å². The van der Waals surface area contributed by atoms with Gasteiger partial charge in [-0.05, 0) is 12.8 Å². The van der Waals surface area contributed by atoms with E-state index >= 15 is 0 Å². The molecule has 1 N–H and O–H groups in total. The molecule has 0 aliphatic carbocycles. The fourth-order valence-corrected chi connectivity index (χ4v) is 2.15. The van der Waals surface area contributed by atoms with E-state index in [2.05, 4.69) is 13.2 Å². The van der Waals surface area contributed by atoms with E-state index in [1.165, 1.54) is 12.5 Å². The van der Waals surface area contributed by atoms with Crippen molar-refractivity contribution in [2.24, 2.45) is 0 Å². The molecule has 2 unspecified atom stereocenters. The third-order valence-electron chi connectivity index (χ3n) is 3.01.